The minimum atomic E-state index is 0.726. The van der Waals surface area contributed by atoms with E-state index < -0.39 is 0 Å². The molecule has 14 heavy (non-hydrogen) atoms. The number of pyridine rings is 2. The summed E-state index contributed by atoms with van der Waals surface area (Å²) in [5.41, 5.74) is 2.17. The van der Waals surface area contributed by atoms with Crippen LogP contribution < -0.4 is 0 Å². The molecule has 0 aliphatic rings. The van der Waals surface area contributed by atoms with Crippen molar-refractivity contribution in [2.75, 3.05) is 0 Å². The van der Waals surface area contributed by atoms with E-state index in [2.05, 4.69) is 9.97 Å². The lowest BCUT2D eigenvalue weighted by Gasteiger charge is -2.00. The second-order valence-corrected chi connectivity index (χ2v) is 3.43. The summed E-state index contributed by atoms with van der Waals surface area (Å²) >= 11 is 5.86. The molecule has 2 rings (SSSR count). The molecule has 3 heteroatoms. The van der Waals surface area contributed by atoms with Crippen LogP contribution in [0.15, 0.2) is 42.9 Å². The van der Waals surface area contributed by atoms with Gasteiger partial charge in [-0.15, -0.1) is 0 Å². The molecule has 0 atom stereocenters. The van der Waals surface area contributed by atoms with Gasteiger partial charge in [0.15, 0.2) is 0 Å². The van der Waals surface area contributed by atoms with Crippen LogP contribution >= 0.6 is 11.6 Å². The van der Waals surface area contributed by atoms with E-state index in [1.807, 2.05) is 18.2 Å². The van der Waals surface area contributed by atoms with Gasteiger partial charge in [0.05, 0.1) is 0 Å². The van der Waals surface area contributed by atoms with Crippen molar-refractivity contribution in [1.82, 2.24) is 9.97 Å². The Hall–Kier alpha value is -1.41. The van der Waals surface area contributed by atoms with Crippen molar-refractivity contribution in [2.45, 2.75) is 6.42 Å². The van der Waals surface area contributed by atoms with E-state index in [0.29, 0.717) is 0 Å². The molecule has 2 aromatic heterocycles. The fourth-order valence-corrected chi connectivity index (χ4v) is 1.44. The summed E-state index contributed by atoms with van der Waals surface area (Å²) in [7, 11) is 0. The normalized spacial score (nSPS) is 10.1. The van der Waals surface area contributed by atoms with Crippen molar-refractivity contribution < 1.29 is 0 Å². The third-order valence-corrected chi connectivity index (χ3v) is 2.15. The van der Waals surface area contributed by atoms with Crippen LogP contribution in [-0.4, -0.2) is 9.97 Å². The van der Waals surface area contributed by atoms with Crippen LogP contribution in [0.3, 0.4) is 0 Å². The van der Waals surface area contributed by atoms with Crippen LogP contribution in [0.1, 0.15) is 11.3 Å². The number of aromatic nitrogens is 2. The van der Waals surface area contributed by atoms with Crippen LogP contribution in [-0.2, 0) is 6.42 Å². The van der Waals surface area contributed by atoms with Crippen molar-refractivity contribution in [1.29, 1.82) is 0 Å². The number of nitrogens with zero attached hydrogens (tertiary/aromatic N) is 2. The smallest absolute Gasteiger partial charge is 0.0462 e. The van der Waals surface area contributed by atoms with E-state index in [1.165, 1.54) is 5.56 Å². The minimum Gasteiger partial charge on any atom is -0.265 e. The Morgan fingerprint density at radius 3 is 2.57 bits per heavy atom. The molecule has 2 aromatic rings. The lowest BCUT2D eigenvalue weighted by atomic mass is 10.1. The second-order valence-electron chi connectivity index (χ2n) is 3.00. The molecule has 0 aliphatic heterocycles. The first-order valence-electron chi connectivity index (χ1n) is 4.34. The lowest BCUT2D eigenvalue weighted by Crippen LogP contribution is -1.91. The van der Waals surface area contributed by atoms with Crippen molar-refractivity contribution >= 4 is 11.6 Å². The van der Waals surface area contributed by atoms with Gasteiger partial charge in [-0.2, -0.15) is 0 Å². The van der Waals surface area contributed by atoms with Crippen molar-refractivity contribution in [3.63, 3.8) is 0 Å². The van der Waals surface area contributed by atoms with Gasteiger partial charge in [-0.25, -0.2) is 0 Å². The summed E-state index contributed by atoms with van der Waals surface area (Å²) < 4.78 is 0. The molecule has 0 saturated heterocycles. The highest BCUT2D eigenvalue weighted by Gasteiger charge is 1.97. The van der Waals surface area contributed by atoms with Gasteiger partial charge in [-0.3, -0.25) is 9.97 Å². The van der Waals surface area contributed by atoms with Crippen molar-refractivity contribution in [2.24, 2.45) is 0 Å². The van der Waals surface area contributed by atoms with Gasteiger partial charge in [-0.05, 0) is 29.8 Å². The minimum absolute atomic E-state index is 0.726. The molecule has 2 nitrogen and oxygen atoms in total. The Morgan fingerprint density at radius 2 is 1.86 bits per heavy atom. The van der Waals surface area contributed by atoms with Gasteiger partial charge < -0.3 is 0 Å². The SMILES string of the molecule is Clc1ccnc(Cc2ccncc2)c1. The van der Waals surface area contributed by atoms with Crippen LogP contribution in [0.5, 0.6) is 0 Å². The Labute approximate surface area is 87.6 Å². The molecule has 0 N–H and O–H groups in total. The molecule has 0 aliphatic carbocycles. The highest BCUT2D eigenvalue weighted by Crippen LogP contribution is 2.11. The van der Waals surface area contributed by atoms with E-state index >= 15 is 0 Å². The maximum absolute atomic E-state index is 5.86. The van der Waals surface area contributed by atoms with Crippen molar-refractivity contribution in [3.05, 3.63) is 59.1 Å². The summed E-state index contributed by atoms with van der Waals surface area (Å²) in [6.07, 6.45) is 6.07. The molecule has 70 valence electrons. The molecule has 0 spiro atoms. The van der Waals surface area contributed by atoms with Crippen LogP contribution in [0.2, 0.25) is 5.02 Å². The molecule has 0 fully saturated rings. The number of rotatable bonds is 2. The zero-order valence-corrected chi connectivity index (χ0v) is 8.28. The first-order valence-corrected chi connectivity index (χ1v) is 4.72. The Morgan fingerprint density at radius 1 is 1.07 bits per heavy atom. The molecule has 0 amide bonds. The quantitative estimate of drug-likeness (QED) is 0.752. The van der Waals surface area contributed by atoms with E-state index in [1.54, 1.807) is 24.7 Å². The van der Waals surface area contributed by atoms with Crippen LogP contribution in [0.25, 0.3) is 0 Å². The van der Waals surface area contributed by atoms with Gasteiger partial charge in [0, 0.05) is 35.7 Å². The fraction of sp³-hybridized carbons (Fsp3) is 0.0909. The molecule has 2 heterocycles. The van der Waals surface area contributed by atoms with E-state index in [4.69, 9.17) is 11.6 Å². The highest BCUT2D eigenvalue weighted by molar-refractivity contribution is 6.30. The average Bonchev–Trinajstić information content (AvgIpc) is 2.19. The van der Waals surface area contributed by atoms with Gasteiger partial charge in [0.2, 0.25) is 0 Å². The molecule has 0 saturated carbocycles. The maximum atomic E-state index is 5.86. The summed E-state index contributed by atoms with van der Waals surface area (Å²) in [4.78, 5) is 8.19. The van der Waals surface area contributed by atoms with Crippen LogP contribution in [0, 0.1) is 0 Å². The third-order valence-electron chi connectivity index (χ3n) is 1.91. The summed E-state index contributed by atoms with van der Waals surface area (Å²) in [6.45, 7) is 0. The number of hydrogen-bond acceptors (Lipinski definition) is 2. The largest absolute Gasteiger partial charge is 0.265 e. The summed E-state index contributed by atoms with van der Waals surface area (Å²) in [5, 5.41) is 0.726. The lowest BCUT2D eigenvalue weighted by molar-refractivity contribution is 1.07. The third kappa shape index (κ3) is 2.30. The maximum Gasteiger partial charge on any atom is 0.0462 e. The molecule has 0 unspecified atom stereocenters. The Bertz CT molecular complexity index is 415. The molecular weight excluding hydrogens is 196 g/mol. The Kier molecular flexibility index (Phi) is 2.75. The monoisotopic (exact) mass is 204 g/mol. The van der Waals surface area contributed by atoms with Crippen molar-refractivity contribution in [3.8, 4) is 0 Å². The predicted molar refractivity (Wildman–Crippen MR) is 56.3 cm³/mol. The van der Waals surface area contributed by atoms with E-state index in [9.17, 15) is 0 Å². The topological polar surface area (TPSA) is 25.8 Å². The molecule has 0 bridgehead atoms. The molecule has 0 aromatic carbocycles. The first-order chi connectivity index (χ1) is 6.84. The van der Waals surface area contributed by atoms with Gasteiger partial charge in [0.1, 0.15) is 0 Å². The number of halogens is 1. The van der Waals surface area contributed by atoms with Gasteiger partial charge in [-0.1, -0.05) is 11.6 Å². The predicted octanol–water partition coefficient (Wildman–Crippen LogP) is 2.72. The number of hydrogen-bond donors (Lipinski definition) is 0. The molecular formula is C11H9ClN2. The fourth-order valence-electron chi connectivity index (χ4n) is 1.26. The average molecular weight is 205 g/mol. The van der Waals surface area contributed by atoms with Crippen LogP contribution in [0.4, 0.5) is 0 Å². The van der Waals surface area contributed by atoms with Gasteiger partial charge >= 0.3 is 0 Å². The zero-order chi connectivity index (χ0) is 9.80. The molecule has 0 radical (unpaired) electrons. The summed E-state index contributed by atoms with van der Waals surface area (Å²) in [5.74, 6) is 0. The van der Waals surface area contributed by atoms with E-state index in [-0.39, 0.29) is 0 Å². The Balaban J connectivity index is 2.19. The first kappa shape index (κ1) is 9.16. The standard InChI is InChI=1S/C11H9ClN2/c12-10-3-6-14-11(8-10)7-9-1-4-13-5-2-9/h1-6,8H,7H2. The second kappa shape index (κ2) is 4.20. The summed E-state index contributed by atoms with van der Waals surface area (Å²) in [6, 6.07) is 7.60. The van der Waals surface area contributed by atoms with E-state index in [0.717, 1.165) is 17.1 Å². The zero-order valence-electron chi connectivity index (χ0n) is 7.52. The highest BCUT2D eigenvalue weighted by atomic mass is 35.5. The van der Waals surface area contributed by atoms with Gasteiger partial charge in [0.25, 0.3) is 0 Å².